The number of para-hydroxylation sites is 2. The zero-order valence-electron chi connectivity index (χ0n) is 32.4. The predicted octanol–water partition coefficient (Wildman–Crippen LogP) is 13.2. The maximum absolute atomic E-state index is 6.60. The average molecular weight is 911 g/mol. The van der Waals surface area contributed by atoms with E-state index in [4.69, 9.17) is 9.72 Å². The Labute approximate surface area is 344 Å². The third kappa shape index (κ3) is 6.90. The average Bonchev–Trinajstić information content (AvgIpc) is 3.73. The van der Waals surface area contributed by atoms with Crippen molar-refractivity contribution in [3.63, 3.8) is 0 Å². The Bertz CT molecular complexity index is 2700. The summed E-state index contributed by atoms with van der Waals surface area (Å²) >= 11 is 0. The van der Waals surface area contributed by atoms with Gasteiger partial charge in [-0.1, -0.05) is 114 Å². The monoisotopic (exact) mass is 910 g/mol. The predicted molar refractivity (Wildman–Crippen MR) is 227 cm³/mol. The fourth-order valence-electron chi connectivity index (χ4n) is 7.42. The van der Waals surface area contributed by atoms with Gasteiger partial charge in [0.25, 0.3) is 0 Å². The molecule has 3 heterocycles. The molecule has 2 aromatic heterocycles. The van der Waals surface area contributed by atoms with E-state index in [1.54, 1.807) is 0 Å². The van der Waals surface area contributed by atoms with Crippen LogP contribution in [-0.2, 0) is 31.9 Å². The number of ether oxygens (including phenoxy) is 1. The van der Waals surface area contributed by atoms with Crippen molar-refractivity contribution in [2.24, 2.45) is 0 Å². The minimum Gasteiger partial charge on any atom is -0.509 e. The van der Waals surface area contributed by atoms with Gasteiger partial charge >= 0.3 is 0 Å². The van der Waals surface area contributed by atoms with Gasteiger partial charge in [0.1, 0.15) is 5.82 Å². The first-order valence-corrected chi connectivity index (χ1v) is 18.9. The topological polar surface area (TPSA) is 33.5 Å². The number of hydrogen-bond donors (Lipinski definition) is 0. The summed E-state index contributed by atoms with van der Waals surface area (Å²) in [5, 5.41) is 2.22. The summed E-state index contributed by atoms with van der Waals surface area (Å²) in [6.45, 7) is 15.6. The third-order valence-corrected chi connectivity index (χ3v) is 10.5. The number of fused-ring (bicyclic) bond motifs is 4. The molecule has 1 aliphatic heterocycles. The van der Waals surface area contributed by atoms with E-state index in [0.717, 1.165) is 55.9 Å². The SMILES string of the molecule is CC(C)(C)c1cccc(N2[CH-]N(c3[c-]c(Oc4[c-]c5c(cc4)c4ccc(-c6ccccc6)cc4n5-c4cc(C(C)(C)C)ccn4)ccc3)c3ccccc32)c1.[Pt]. The van der Waals surface area contributed by atoms with Gasteiger partial charge in [0, 0.05) is 61.3 Å². The van der Waals surface area contributed by atoms with E-state index in [1.807, 2.05) is 24.4 Å². The molecule has 0 aliphatic carbocycles. The summed E-state index contributed by atoms with van der Waals surface area (Å²) in [6, 6.07) is 56.1. The zero-order valence-corrected chi connectivity index (χ0v) is 34.7. The van der Waals surface area contributed by atoms with Crippen molar-refractivity contribution in [1.29, 1.82) is 0 Å². The number of pyridine rings is 1. The fourth-order valence-corrected chi connectivity index (χ4v) is 7.42. The first-order chi connectivity index (χ1) is 26.5. The maximum atomic E-state index is 6.60. The molecule has 0 spiro atoms. The van der Waals surface area contributed by atoms with Gasteiger partial charge in [0.2, 0.25) is 0 Å². The normalized spacial score (nSPS) is 12.9. The molecule has 0 saturated carbocycles. The van der Waals surface area contributed by atoms with Crippen molar-refractivity contribution in [1.82, 2.24) is 9.55 Å². The van der Waals surface area contributed by atoms with Crippen molar-refractivity contribution < 1.29 is 25.8 Å². The zero-order chi connectivity index (χ0) is 37.9. The van der Waals surface area contributed by atoms with Crippen LogP contribution in [0.4, 0.5) is 22.7 Å². The molecule has 0 radical (unpaired) electrons. The van der Waals surface area contributed by atoms with Crippen molar-refractivity contribution in [3.05, 3.63) is 176 Å². The molecular weight excluding hydrogens is 868 g/mol. The van der Waals surface area contributed by atoms with Gasteiger partial charge < -0.3 is 19.1 Å². The number of benzene rings is 6. The van der Waals surface area contributed by atoms with E-state index in [1.165, 1.54) is 16.7 Å². The van der Waals surface area contributed by atoms with Crippen molar-refractivity contribution >= 4 is 44.6 Å². The third-order valence-electron chi connectivity index (χ3n) is 10.5. The first kappa shape index (κ1) is 37.3. The van der Waals surface area contributed by atoms with E-state index in [0.29, 0.717) is 11.5 Å². The summed E-state index contributed by atoms with van der Waals surface area (Å²) in [6.07, 6.45) is 1.91. The Morgan fingerprint density at radius 1 is 0.571 bits per heavy atom. The quantitative estimate of drug-likeness (QED) is 0.156. The molecule has 0 amide bonds. The minimum absolute atomic E-state index is 0. The molecule has 1 aliphatic rings. The van der Waals surface area contributed by atoms with Crippen LogP contribution in [0, 0.1) is 18.8 Å². The molecular formula is C50H43N4OPt-3. The molecule has 0 unspecified atom stereocenters. The Balaban J connectivity index is 0.00000441. The van der Waals surface area contributed by atoms with Crippen LogP contribution in [0.2, 0.25) is 0 Å². The fraction of sp³-hybridized carbons (Fsp3) is 0.160. The molecule has 282 valence electrons. The van der Waals surface area contributed by atoms with Crippen LogP contribution in [0.3, 0.4) is 0 Å². The van der Waals surface area contributed by atoms with E-state index >= 15 is 0 Å². The molecule has 56 heavy (non-hydrogen) atoms. The van der Waals surface area contributed by atoms with Crippen molar-refractivity contribution in [2.75, 3.05) is 9.80 Å². The van der Waals surface area contributed by atoms with Gasteiger partial charge in [0.05, 0.1) is 0 Å². The van der Waals surface area contributed by atoms with Gasteiger partial charge in [-0.2, -0.15) is 12.1 Å². The summed E-state index contributed by atoms with van der Waals surface area (Å²) in [4.78, 5) is 9.34. The Morgan fingerprint density at radius 3 is 2.02 bits per heavy atom. The minimum atomic E-state index is -0.0364. The molecule has 6 aromatic carbocycles. The van der Waals surface area contributed by atoms with E-state index in [-0.39, 0.29) is 31.9 Å². The van der Waals surface area contributed by atoms with Gasteiger partial charge in [-0.05, 0) is 80.9 Å². The van der Waals surface area contributed by atoms with Crippen molar-refractivity contribution in [3.8, 4) is 28.4 Å². The Morgan fingerprint density at radius 2 is 1.25 bits per heavy atom. The molecule has 9 rings (SSSR count). The van der Waals surface area contributed by atoms with Crippen LogP contribution in [0.25, 0.3) is 38.8 Å². The molecule has 0 atom stereocenters. The summed E-state index contributed by atoms with van der Waals surface area (Å²) in [5.41, 5.74) is 11.0. The summed E-state index contributed by atoms with van der Waals surface area (Å²) in [5.74, 6) is 2.06. The van der Waals surface area contributed by atoms with E-state index in [9.17, 15) is 0 Å². The second-order valence-corrected chi connectivity index (χ2v) is 16.3. The first-order valence-electron chi connectivity index (χ1n) is 18.9. The van der Waals surface area contributed by atoms with E-state index in [2.05, 4.69) is 196 Å². The second kappa shape index (κ2) is 14.5. The number of anilines is 4. The van der Waals surface area contributed by atoms with Gasteiger partial charge in [0.15, 0.2) is 0 Å². The van der Waals surface area contributed by atoms with Crippen LogP contribution < -0.4 is 14.5 Å². The van der Waals surface area contributed by atoms with Crippen LogP contribution in [0.15, 0.2) is 146 Å². The van der Waals surface area contributed by atoms with Crippen LogP contribution >= 0.6 is 0 Å². The largest absolute Gasteiger partial charge is 0.509 e. The molecule has 6 heteroatoms. The van der Waals surface area contributed by atoms with E-state index < -0.39 is 0 Å². The van der Waals surface area contributed by atoms with Crippen LogP contribution in [0.5, 0.6) is 11.5 Å². The molecule has 0 saturated heterocycles. The van der Waals surface area contributed by atoms with Crippen molar-refractivity contribution in [2.45, 2.75) is 52.4 Å². The van der Waals surface area contributed by atoms with Crippen LogP contribution in [-0.4, -0.2) is 9.55 Å². The smallest absolute Gasteiger partial charge is 0.135 e. The molecule has 5 nitrogen and oxygen atoms in total. The van der Waals surface area contributed by atoms with Gasteiger partial charge in [-0.15, -0.1) is 48.1 Å². The summed E-state index contributed by atoms with van der Waals surface area (Å²) < 4.78 is 8.82. The van der Waals surface area contributed by atoms with Crippen LogP contribution in [0.1, 0.15) is 52.7 Å². The number of hydrogen-bond acceptors (Lipinski definition) is 4. The van der Waals surface area contributed by atoms with Gasteiger partial charge in [-0.25, -0.2) is 4.98 Å². The number of aromatic nitrogens is 2. The summed E-state index contributed by atoms with van der Waals surface area (Å²) in [7, 11) is 0. The molecule has 8 aromatic rings. The molecule has 0 fully saturated rings. The number of nitrogens with zero attached hydrogens (tertiary/aromatic N) is 4. The second-order valence-electron chi connectivity index (χ2n) is 16.3. The van der Waals surface area contributed by atoms with Gasteiger partial charge in [-0.3, -0.25) is 0 Å². The standard InChI is InChI=1S/C50H43N4O.Pt/c1-49(2,3)36-16-12-17-38(29-36)52-33-53(45-21-11-10-20-44(45)52)39-18-13-19-40(31-39)55-41-23-25-43-42-24-22-35(34-14-8-7-9-15-34)28-46(42)54(47(43)32-41)48-30-37(26-27-51-48)50(4,5)6;/h7-30,33H,1-6H3;/q-3;. The molecule has 0 bridgehead atoms. The Hall–Kier alpha value is -5.64. The maximum Gasteiger partial charge on any atom is 0.135 e. The molecule has 0 N–H and O–H groups in total. The Kier molecular flexibility index (Phi) is 9.63. The number of rotatable bonds is 6.